The fraction of sp³-hybridized carbons (Fsp3) is 0.458. The maximum absolute atomic E-state index is 12.4. The van der Waals surface area contributed by atoms with Crippen molar-refractivity contribution < 1.29 is 9.53 Å². The topological polar surface area (TPSA) is 44.8 Å². The van der Waals surface area contributed by atoms with E-state index in [4.69, 9.17) is 4.74 Å². The summed E-state index contributed by atoms with van der Waals surface area (Å²) in [5.74, 6) is 0.912. The fourth-order valence-corrected chi connectivity index (χ4v) is 4.19. The highest BCUT2D eigenvalue weighted by Gasteiger charge is 2.20. The van der Waals surface area contributed by atoms with Gasteiger partial charge in [0.05, 0.1) is 6.54 Å². The van der Waals surface area contributed by atoms with Gasteiger partial charge in [0.15, 0.2) is 0 Å². The molecule has 1 aliphatic heterocycles. The van der Waals surface area contributed by atoms with Crippen LogP contribution in [0.15, 0.2) is 48.5 Å². The van der Waals surface area contributed by atoms with Crippen LogP contribution in [0.3, 0.4) is 0 Å². The molecule has 1 aliphatic carbocycles. The molecule has 2 aliphatic rings. The van der Waals surface area contributed by atoms with Crippen LogP contribution in [0, 0.1) is 0 Å². The first-order valence-corrected chi connectivity index (χ1v) is 10.8. The highest BCUT2D eigenvalue weighted by molar-refractivity contribution is 5.74. The molecular formula is C24H31N3O2. The fourth-order valence-electron chi connectivity index (χ4n) is 4.19. The Morgan fingerprint density at radius 1 is 0.931 bits per heavy atom. The van der Waals surface area contributed by atoms with Gasteiger partial charge in [-0.3, -0.25) is 4.90 Å². The molecule has 1 N–H and O–H groups in total. The molecule has 0 saturated carbocycles. The van der Waals surface area contributed by atoms with E-state index in [1.807, 2.05) is 11.0 Å². The summed E-state index contributed by atoms with van der Waals surface area (Å²) in [6.07, 6.45) is 4.90. The van der Waals surface area contributed by atoms with Crippen LogP contribution in [0.2, 0.25) is 0 Å². The molecule has 0 spiro atoms. The van der Waals surface area contributed by atoms with E-state index in [0.29, 0.717) is 13.2 Å². The van der Waals surface area contributed by atoms with Crippen molar-refractivity contribution in [3.63, 3.8) is 0 Å². The van der Waals surface area contributed by atoms with Gasteiger partial charge >= 0.3 is 6.03 Å². The first-order chi connectivity index (χ1) is 14.3. The summed E-state index contributed by atoms with van der Waals surface area (Å²) in [7, 11) is 0. The van der Waals surface area contributed by atoms with Crippen LogP contribution in [0.5, 0.6) is 5.75 Å². The number of amides is 2. The molecule has 0 unspecified atom stereocenters. The third kappa shape index (κ3) is 5.51. The number of hydrogen-bond donors (Lipinski definition) is 1. The van der Waals surface area contributed by atoms with Crippen molar-refractivity contribution in [2.45, 2.75) is 32.2 Å². The van der Waals surface area contributed by atoms with Crippen LogP contribution < -0.4 is 10.1 Å². The highest BCUT2D eigenvalue weighted by Crippen LogP contribution is 2.25. The highest BCUT2D eigenvalue weighted by atomic mass is 16.5. The van der Waals surface area contributed by atoms with Gasteiger partial charge in [0.25, 0.3) is 0 Å². The van der Waals surface area contributed by atoms with Gasteiger partial charge in [0.2, 0.25) is 0 Å². The van der Waals surface area contributed by atoms with Crippen LogP contribution in [0.4, 0.5) is 4.79 Å². The van der Waals surface area contributed by atoms with Crippen molar-refractivity contribution >= 4 is 6.03 Å². The molecule has 0 bridgehead atoms. The Morgan fingerprint density at radius 3 is 2.48 bits per heavy atom. The largest absolute Gasteiger partial charge is 0.492 e. The van der Waals surface area contributed by atoms with E-state index in [0.717, 1.165) is 44.9 Å². The molecule has 154 valence electrons. The van der Waals surface area contributed by atoms with Gasteiger partial charge < -0.3 is 15.0 Å². The van der Waals surface area contributed by atoms with Gasteiger partial charge in [0.1, 0.15) is 12.4 Å². The normalized spacial score (nSPS) is 16.9. The summed E-state index contributed by atoms with van der Waals surface area (Å²) in [5, 5.41) is 2.99. The molecule has 2 aromatic carbocycles. The summed E-state index contributed by atoms with van der Waals surface area (Å²) in [5.41, 5.74) is 4.21. The first-order valence-electron chi connectivity index (χ1n) is 10.8. The number of piperazine rings is 1. The van der Waals surface area contributed by atoms with Gasteiger partial charge in [-0.15, -0.1) is 0 Å². The molecule has 0 radical (unpaired) electrons. The summed E-state index contributed by atoms with van der Waals surface area (Å²) >= 11 is 0. The van der Waals surface area contributed by atoms with Crippen molar-refractivity contribution in [2.24, 2.45) is 0 Å². The Morgan fingerprint density at radius 2 is 1.69 bits per heavy atom. The molecule has 5 heteroatoms. The van der Waals surface area contributed by atoms with Crippen LogP contribution in [0.1, 0.15) is 29.5 Å². The summed E-state index contributed by atoms with van der Waals surface area (Å²) in [6, 6.07) is 16.9. The SMILES string of the molecule is O=C(NCCOc1ccc2c(c1)CCCC2)N1CCN(Cc2ccccc2)CC1. The van der Waals surface area contributed by atoms with Gasteiger partial charge in [-0.1, -0.05) is 36.4 Å². The lowest BCUT2D eigenvalue weighted by atomic mass is 9.92. The molecule has 4 rings (SSSR count). The number of nitrogens with zero attached hydrogens (tertiary/aromatic N) is 2. The molecule has 1 saturated heterocycles. The first kappa shape index (κ1) is 19.8. The van der Waals surface area contributed by atoms with E-state index in [-0.39, 0.29) is 6.03 Å². The average molecular weight is 394 g/mol. The van der Waals surface area contributed by atoms with Gasteiger partial charge in [-0.2, -0.15) is 0 Å². The number of aryl methyl sites for hydroxylation is 2. The maximum Gasteiger partial charge on any atom is 0.317 e. The lowest BCUT2D eigenvalue weighted by Crippen LogP contribution is -2.51. The Kier molecular flexibility index (Phi) is 6.67. The summed E-state index contributed by atoms with van der Waals surface area (Å²) < 4.78 is 5.85. The predicted octanol–water partition coefficient (Wildman–Crippen LogP) is 3.47. The number of fused-ring (bicyclic) bond motifs is 1. The van der Waals surface area contributed by atoms with E-state index in [2.05, 4.69) is 52.7 Å². The molecule has 5 nitrogen and oxygen atoms in total. The molecule has 0 aromatic heterocycles. The van der Waals surface area contributed by atoms with Crippen molar-refractivity contribution in [1.82, 2.24) is 15.1 Å². The number of carbonyl (C=O) groups excluding carboxylic acids is 1. The second-order valence-electron chi connectivity index (χ2n) is 7.97. The number of rotatable bonds is 6. The van der Waals surface area contributed by atoms with E-state index in [9.17, 15) is 4.79 Å². The lowest BCUT2D eigenvalue weighted by Gasteiger charge is -2.34. The number of benzene rings is 2. The van der Waals surface area contributed by atoms with Crippen molar-refractivity contribution in [3.8, 4) is 5.75 Å². The van der Waals surface area contributed by atoms with Crippen LogP contribution >= 0.6 is 0 Å². The minimum atomic E-state index is 0.0124. The lowest BCUT2D eigenvalue weighted by molar-refractivity contribution is 0.134. The molecule has 1 heterocycles. The second kappa shape index (κ2) is 9.79. The van der Waals surface area contributed by atoms with Gasteiger partial charge in [0, 0.05) is 32.7 Å². The van der Waals surface area contributed by atoms with Crippen molar-refractivity contribution in [1.29, 1.82) is 0 Å². The minimum Gasteiger partial charge on any atom is -0.492 e. The number of nitrogens with one attached hydrogen (secondary N) is 1. The Hall–Kier alpha value is -2.53. The third-order valence-corrected chi connectivity index (χ3v) is 5.88. The van der Waals surface area contributed by atoms with E-state index in [1.54, 1.807) is 0 Å². The van der Waals surface area contributed by atoms with E-state index in [1.165, 1.54) is 36.0 Å². The van der Waals surface area contributed by atoms with E-state index < -0.39 is 0 Å². The Labute approximate surface area is 173 Å². The molecule has 1 fully saturated rings. The second-order valence-corrected chi connectivity index (χ2v) is 7.97. The molecular weight excluding hydrogens is 362 g/mol. The number of ether oxygens (including phenoxy) is 1. The van der Waals surface area contributed by atoms with E-state index >= 15 is 0 Å². The quantitative estimate of drug-likeness (QED) is 0.765. The summed E-state index contributed by atoms with van der Waals surface area (Å²) in [6.45, 7) is 5.33. The Bertz CT molecular complexity index is 801. The molecule has 2 amide bonds. The van der Waals surface area contributed by atoms with Crippen LogP contribution in [-0.4, -0.2) is 55.2 Å². The average Bonchev–Trinajstić information content (AvgIpc) is 2.78. The summed E-state index contributed by atoms with van der Waals surface area (Å²) in [4.78, 5) is 16.7. The maximum atomic E-state index is 12.4. The van der Waals surface area contributed by atoms with Crippen LogP contribution in [-0.2, 0) is 19.4 Å². The number of hydrogen-bond acceptors (Lipinski definition) is 3. The zero-order chi connectivity index (χ0) is 19.9. The Balaban J connectivity index is 1.14. The molecule has 0 atom stereocenters. The number of carbonyl (C=O) groups is 1. The molecule has 29 heavy (non-hydrogen) atoms. The zero-order valence-corrected chi connectivity index (χ0v) is 17.1. The van der Waals surface area contributed by atoms with Crippen LogP contribution in [0.25, 0.3) is 0 Å². The minimum absolute atomic E-state index is 0.0124. The van der Waals surface area contributed by atoms with Gasteiger partial charge in [-0.25, -0.2) is 4.79 Å². The standard InChI is InChI=1S/C24H31N3O2/c28-24(27-15-13-26(14-16-27)19-20-6-2-1-3-7-20)25-12-17-29-23-11-10-21-8-4-5-9-22(21)18-23/h1-3,6-7,10-11,18H,4-5,8-9,12-17,19H2,(H,25,28). The predicted molar refractivity (Wildman–Crippen MR) is 115 cm³/mol. The zero-order valence-electron chi connectivity index (χ0n) is 17.1. The third-order valence-electron chi connectivity index (χ3n) is 5.88. The molecule has 2 aromatic rings. The van der Waals surface area contributed by atoms with Crippen molar-refractivity contribution in [2.75, 3.05) is 39.3 Å². The monoisotopic (exact) mass is 393 g/mol. The smallest absolute Gasteiger partial charge is 0.317 e. The van der Waals surface area contributed by atoms with Crippen molar-refractivity contribution in [3.05, 3.63) is 65.2 Å². The van der Waals surface area contributed by atoms with Gasteiger partial charge in [-0.05, 0) is 54.5 Å². The number of urea groups is 1.